The van der Waals surface area contributed by atoms with Crippen molar-refractivity contribution in [3.8, 4) is 0 Å². The van der Waals surface area contributed by atoms with Crippen LogP contribution in [0.25, 0.3) is 5.52 Å². The van der Waals surface area contributed by atoms with Gasteiger partial charge in [-0.3, -0.25) is 9.38 Å². The van der Waals surface area contributed by atoms with Crippen LogP contribution in [0.4, 0.5) is 0 Å². The van der Waals surface area contributed by atoms with E-state index in [-0.39, 0.29) is 0 Å². The van der Waals surface area contributed by atoms with Gasteiger partial charge in [0.25, 0.3) is 0 Å². The average Bonchev–Trinajstić information content (AvgIpc) is 2.78. The van der Waals surface area contributed by atoms with E-state index in [9.17, 15) is 5.11 Å². The van der Waals surface area contributed by atoms with Crippen LogP contribution in [-0.4, -0.2) is 38.7 Å². The largest absolute Gasteiger partial charge is 0.389 e. The van der Waals surface area contributed by atoms with E-state index in [0.717, 1.165) is 47.3 Å². The first-order chi connectivity index (χ1) is 10.0. The summed E-state index contributed by atoms with van der Waals surface area (Å²) >= 11 is 3.55. The molecular formula is C15H21BrN4O. The Labute approximate surface area is 132 Å². The predicted octanol–water partition coefficient (Wildman–Crippen LogP) is 2.41. The highest BCUT2D eigenvalue weighted by Crippen LogP contribution is 2.38. The molecule has 6 heteroatoms. The molecule has 0 unspecified atom stereocenters. The van der Waals surface area contributed by atoms with Crippen LogP contribution in [0.15, 0.2) is 17.0 Å². The summed E-state index contributed by atoms with van der Waals surface area (Å²) in [5.41, 5.74) is 1.46. The van der Waals surface area contributed by atoms with Crippen LogP contribution in [0.1, 0.15) is 43.1 Å². The Morgan fingerprint density at radius 1 is 1.48 bits per heavy atom. The van der Waals surface area contributed by atoms with Gasteiger partial charge in [0.15, 0.2) is 0 Å². The van der Waals surface area contributed by atoms with Gasteiger partial charge in [-0.15, -0.1) is 0 Å². The summed E-state index contributed by atoms with van der Waals surface area (Å²) in [4.78, 5) is 9.05. The van der Waals surface area contributed by atoms with Gasteiger partial charge in [-0.25, -0.2) is 4.98 Å². The zero-order chi connectivity index (χ0) is 15.0. The van der Waals surface area contributed by atoms with Crippen molar-refractivity contribution in [3.63, 3.8) is 0 Å². The number of aromatic nitrogens is 3. The van der Waals surface area contributed by atoms with Crippen molar-refractivity contribution in [1.29, 1.82) is 0 Å². The molecule has 0 bridgehead atoms. The van der Waals surface area contributed by atoms with Crippen LogP contribution < -0.4 is 5.32 Å². The molecule has 2 aromatic heterocycles. The molecule has 0 radical (unpaired) electrons. The Morgan fingerprint density at radius 3 is 2.86 bits per heavy atom. The zero-order valence-corrected chi connectivity index (χ0v) is 14.0. The van der Waals surface area contributed by atoms with Gasteiger partial charge in [-0.05, 0) is 55.6 Å². The third-order valence-electron chi connectivity index (χ3n) is 4.51. The molecule has 1 aliphatic rings. The van der Waals surface area contributed by atoms with Crippen molar-refractivity contribution in [1.82, 2.24) is 19.7 Å². The molecule has 0 saturated heterocycles. The fourth-order valence-corrected chi connectivity index (χ4v) is 4.04. The molecule has 2 aromatic rings. The molecule has 1 saturated carbocycles. The molecule has 21 heavy (non-hydrogen) atoms. The van der Waals surface area contributed by atoms with Gasteiger partial charge >= 0.3 is 0 Å². The van der Waals surface area contributed by atoms with Gasteiger partial charge in [-0.2, -0.15) is 0 Å². The van der Waals surface area contributed by atoms with Crippen LogP contribution in [0.3, 0.4) is 0 Å². The summed E-state index contributed by atoms with van der Waals surface area (Å²) in [5.74, 6) is 1.47. The van der Waals surface area contributed by atoms with Crippen molar-refractivity contribution in [2.45, 2.75) is 44.1 Å². The molecule has 5 nitrogen and oxygen atoms in total. The Hall–Kier alpha value is -0.980. The van der Waals surface area contributed by atoms with E-state index in [4.69, 9.17) is 4.98 Å². The average molecular weight is 353 g/mol. The number of halogens is 1. The van der Waals surface area contributed by atoms with E-state index in [1.54, 1.807) is 0 Å². The lowest BCUT2D eigenvalue weighted by Gasteiger charge is -2.35. The first kappa shape index (κ1) is 14.9. The molecule has 1 aliphatic carbocycles. The summed E-state index contributed by atoms with van der Waals surface area (Å²) in [6.45, 7) is 2.66. The fraction of sp³-hybridized carbons (Fsp3) is 0.600. The molecule has 0 aliphatic heterocycles. The lowest BCUT2D eigenvalue weighted by molar-refractivity contribution is 0.000949. The summed E-state index contributed by atoms with van der Waals surface area (Å²) in [6, 6.07) is 0. The smallest absolute Gasteiger partial charge is 0.134 e. The molecule has 0 atom stereocenters. The lowest BCUT2D eigenvalue weighted by Crippen LogP contribution is -2.42. The SMILES string of the molecule is CNC[C@]1(O)CC[C@H](c2nc(Br)c3c(C)nccn32)CC1. The maximum Gasteiger partial charge on any atom is 0.134 e. The van der Waals surface area contributed by atoms with E-state index in [0.29, 0.717) is 12.5 Å². The number of fused-ring (bicyclic) bond motifs is 1. The van der Waals surface area contributed by atoms with Crippen LogP contribution >= 0.6 is 15.9 Å². The molecule has 114 valence electrons. The van der Waals surface area contributed by atoms with Gasteiger partial charge in [0.2, 0.25) is 0 Å². The minimum atomic E-state index is -0.562. The highest BCUT2D eigenvalue weighted by Gasteiger charge is 2.34. The number of nitrogens with zero attached hydrogens (tertiary/aromatic N) is 3. The molecule has 0 spiro atoms. The highest BCUT2D eigenvalue weighted by molar-refractivity contribution is 9.10. The molecule has 2 N–H and O–H groups in total. The van der Waals surface area contributed by atoms with Crippen molar-refractivity contribution >= 4 is 21.4 Å². The first-order valence-electron chi connectivity index (χ1n) is 7.40. The van der Waals surface area contributed by atoms with Gasteiger partial charge in [0.1, 0.15) is 15.9 Å². The molecular weight excluding hydrogens is 332 g/mol. The third-order valence-corrected chi connectivity index (χ3v) is 5.06. The van der Waals surface area contributed by atoms with Gasteiger partial charge < -0.3 is 10.4 Å². The van der Waals surface area contributed by atoms with Crippen LogP contribution in [-0.2, 0) is 0 Å². The maximum absolute atomic E-state index is 10.5. The summed E-state index contributed by atoms with van der Waals surface area (Å²) in [6.07, 6.45) is 7.35. The van der Waals surface area contributed by atoms with Crippen molar-refractivity contribution in [2.24, 2.45) is 0 Å². The quantitative estimate of drug-likeness (QED) is 0.890. The van der Waals surface area contributed by atoms with Gasteiger partial charge in [-0.1, -0.05) is 0 Å². The number of hydrogen-bond acceptors (Lipinski definition) is 4. The minimum absolute atomic E-state index is 0.391. The monoisotopic (exact) mass is 352 g/mol. The van der Waals surface area contributed by atoms with Crippen LogP contribution in [0, 0.1) is 6.92 Å². The molecule has 2 heterocycles. The summed E-state index contributed by atoms with van der Waals surface area (Å²) < 4.78 is 3.00. The minimum Gasteiger partial charge on any atom is -0.389 e. The normalized spacial score (nSPS) is 26.4. The summed E-state index contributed by atoms with van der Waals surface area (Å²) in [5, 5.41) is 13.6. The number of aryl methyl sites for hydroxylation is 1. The van der Waals surface area contributed by atoms with E-state index >= 15 is 0 Å². The second-order valence-corrected chi connectivity index (χ2v) is 6.77. The first-order valence-corrected chi connectivity index (χ1v) is 8.19. The van der Waals surface area contributed by atoms with E-state index in [1.807, 2.05) is 26.4 Å². The number of hydrogen-bond donors (Lipinski definition) is 2. The Bertz CT molecular complexity index is 646. The number of likely N-dealkylation sites (N-methyl/N-ethyl adjacent to an activating group) is 1. The molecule has 1 fully saturated rings. The third kappa shape index (κ3) is 2.72. The van der Waals surface area contributed by atoms with Gasteiger partial charge in [0.05, 0.1) is 11.3 Å². The zero-order valence-electron chi connectivity index (χ0n) is 12.4. The molecule has 3 rings (SSSR count). The fourth-order valence-electron chi connectivity index (χ4n) is 3.38. The van der Waals surface area contributed by atoms with Crippen LogP contribution in [0.2, 0.25) is 0 Å². The van der Waals surface area contributed by atoms with E-state index in [2.05, 4.69) is 30.6 Å². The number of aliphatic hydroxyl groups is 1. The highest BCUT2D eigenvalue weighted by atomic mass is 79.9. The maximum atomic E-state index is 10.5. The number of nitrogens with one attached hydrogen (secondary N) is 1. The van der Waals surface area contributed by atoms with Crippen molar-refractivity contribution < 1.29 is 5.11 Å². The predicted molar refractivity (Wildman–Crippen MR) is 85.5 cm³/mol. The Kier molecular flexibility index (Phi) is 4.03. The van der Waals surface area contributed by atoms with E-state index in [1.165, 1.54) is 0 Å². The lowest BCUT2D eigenvalue weighted by atomic mass is 9.78. The standard InChI is InChI=1S/C15H21BrN4O/c1-10-12-13(16)19-14(20(12)8-7-18-10)11-3-5-15(21,6-4-11)9-17-2/h7-8,11,17,21H,3-6,9H2,1-2H3/t11-,15-. The molecule has 0 amide bonds. The molecule has 0 aromatic carbocycles. The summed E-state index contributed by atoms with van der Waals surface area (Å²) in [7, 11) is 1.89. The number of rotatable bonds is 3. The van der Waals surface area contributed by atoms with Crippen LogP contribution in [0.5, 0.6) is 0 Å². The van der Waals surface area contributed by atoms with Gasteiger partial charge in [0, 0.05) is 24.9 Å². The second kappa shape index (κ2) is 5.66. The van der Waals surface area contributed by atoms with Crippen molar-refractivity contribution in [2.75, 3.05) is 13.6 Å². The second-order valence-electron chi connectivity index (χ2n) is 6.02. The Morgan fingerprint density at radius 2 is 2.19 bits per heavy atom. The topological polar surface area (TPSA) is 62.5 Å². The number of imidazole rings is 1. The van der Waals surface area contributed by atoms with E-state index < -0.39 is 5.60 Å². The Balaban J connectivity index is 1.88. The van der Waals surface area contributed by atoms with Crippen molar-refractivity contribution in [3.05, 3.63) is 28.5 Å².